The van der Waals surface area contributed by atoms with Crippen molar-refractivity contribution in [2.45, 2.75) is 43.5 Å². The zero-order valence-corrected chi connectivity index (χ0v) is 17.4. The summed E-state index contributed by atoms with van der Waals surface area (Å²) in [7, 11) is -3.87. The van der Waals surface area contributed by atoms with Gasteiger partial charge in [-0.05, 0) is 56.2 Å². The Hall–Kier alpha value is -2.93. The van der Waals surface area contributed by atoms with Crippen LogP contribution < -0.4 is 5.32 Å². The van der Waals surface area contributed by atoms with Gasteiger partial charge in [0.25, 0.3) is 5.91 Å². The summed E-state index contributed by atoms with van der Waals surface area (Å²) in [5.41, 5.74) is 1.46. The van der Waals surface area contributed by atoms with Crippen LogP contribution in [0.3, 0.4) is 0 Å². The molecule has 1 amide bonds. The number of carbonyl (C=O) groups is 1. The van der Waals surface area contributed by atoms with E-state index in [1.54, 1.807) is 29.7 Å². The van der Waals surface area contributed by atoms with Gasteiger partial charge in [0.1, 0.15) is 16.5 Å². The van der Waals surface area contributed by atoms with Crippen molar-refractivity contribution in [2.24, 2.45) is 0 Å². The number of aromatic nitrogens is 1. The van der Waals surface area contributed by atoms with Crippen molar-refractivity contribution in [1.29, 1.82) is 0 Å². The molecular formula is C22H23FN2O3S. The average Bonchev–Trinajstić information content (AvgIpc) is 2.94. The number of anilines is 1. The highest BCUT2D eigenvalue weighted by molar-refractivity contribution is 7.91. The highest BCUT2D eigenvalue weighted by Crippen LogP contribution is 2.35. The Morgan fingerprint density at radius 3 is 2.38 bits per heavy atom. The first kappa shape index (κ1) is 20.8. The van der Waals surface area contributed by atoms with Gasteiger partial charge in [-0.25, -0.2) is 12.8 Å². The number of sulfone groups is 1. The van der Waals surface area contributed by atoms with E-state index in [-0.39, 0.29) is 21.2 Å². The van der Waals surface area contributed by atoms with Gasteiger partial charge in [0.15, 0.2) is 0 Å². The van der Waals surface area contributed by atoms with Crippen LogP contribution in [-0.2, 0) is 16.4 Å². The lowest BCUT2D eigenvalue weighted by Crippen LogP contribution is -2.18. The molecule has 1 N–H and O–H groups in total. The van der Waals surface area contributed by atoms with Crippen LogP contribution in [0.5, 0.6) is 0 Å². The molecule has 0 radical (unpaired) electrons. The molecule has 0 aliphatic heterocycles. The maximum Gasteiger partial charge on any atom is 0.256 e. The Bertz CT molecular complexity index is 1150. The molecule has 29 heavy (non-hydrogen) atoms. The van der Waals surface area contributed by atoms with E-state index in [9.17, 15) is 17.6 Å². The van der Waals surface area contributed by atoms with Gasteiger partial charge in [-0.3, -0.25) is 4.79 Å². The molecule has 3 aromatic rings. The van der Waals surface area contributed by atoms with Crippen LogP contribution in [0.4, 0.5) is 10.2 Å². The van der Waals surface area contributed by atoms with Gasteiger partial charge in [-0.1, -0.05) is 31.2 Å². The number of rotatable bonds is 6. The zero-order valence-electron chi connectivity index (χ0n) is 16.6. The van der Waals surface area contributed by atoms with E-state index >= 15 is 0 Å². The number of nitrogens with zero attached hydrogens (tertiary/aromatic N) is 1. The molecule has 0 aliphatic rings. The summed E-state index contributed by atoms with van der Waals surface area (Å²) in [6.45, 7) is 6.07. The summed E-state index contributed by atoms with van der Waals surface area (Å²) < 4.78 is 42.1. The Kier molecular flexibility index (Phi) is 5.88. The topological polar surface area (TPSA) is 68.2 Å². The molecule has 5 nitrogen and oxygen atoms in total. The second-order valence-corrected chi connectivity index (χ2v) is 8.71. The average molecular weight is 415 g/mol. The minimum Gasteiger partial charge on any atom is -0.331 e. The van der Waals surface area contributed by atoms with Crippen LogP contribution in [0.2, 0.25) is 0 Å². The van der Waals surface area contributed by atoms with E-state index in [2.05, 4.69) is 5.32 Å². The number of carbonyl (C=O) groups excluding carboxylic acids is 1. The SMILES string of the molecule is CCCn1c(C)c(C)c(S(=O)(=O)c2ccccc2)c1NC(=O)c1cccc(F)c1. The van der Waals surface area contributed by atoms with Crippen LogP contribution in [0, 0.1) is 19.7 Å². The van der Waals surface area contributed by atoms with Crippen molar-refractivity contribution in [1.82, 2.24) is 4.57 Å². The normalized spacial score (nSPS) is 11.4. The first-order valence-corrected chi connectivity index (χ1v) is 10.8. The first-order chi connectivity index (χ1) is 13.8. The molecule has 0 spiro atoms. The highest BCUT2D eigenvalue weighted by Gasteiger charge is 2.30. The summed E-state index contributed by atoms with van der Waals surface area (Å²) in [4.78, 5) is 13.0. The second kappa shape index (κ2) is 8.21. The van der Waals surface area contributed by atoms with E-state index in [1.807, 2.05) is 13.8 Å². The van der Waals surface area contributed by atoms with Gasteiger partial charge in [-0.15, -0.1) is 0 Å². The predicted molar refractivity (Wildman–Crippen MR) is 110 cm³/mol. The smallest absolute Gasteiger partial charge is 0.256 e. The van der Waals surface area contributed by atoms with Crippen molar-refractivity contribution < 1.29 is 17.6 Å². The fourth-order valence-electron chi connectivity index (χ4n) is 3.32. The predicted octanol–water partition coefficient (Wildman–Crippen LogP) is 4.74. The molecule has 0 bridgehead atoms. The zero-order chi connectivity index (χ0) is 21.2. The van der Waals surface area contributed by atoms with E-state index in [0.717, 1.165) is 18.2 Å². The summed E-state index contributed by atoms with van der Waals surface area (Å²) in [5, 5.41) is 2.72. The minimum atomic E-state index is -3.87. The number of benzene rings is 2. The molecular weight excluding hydrogens is 391 g/mol. The molecule has 2 aromatic carbocycles. The fraction of sp³-hybridized carbons (Fsp3) is 0.227. The monoisotopic (exact) mass is 414 g/mol. The molecule has 0 atom stereocenters. The van der Waals surface area contributed by atoms with Gasteiger partial charge in [0, 0.05) is 17.8 Å². The van der Waals surface area contributed by atoms with Gasteiger partial charge in [0.2, 0.25) is 9.84 Å². The summed E-state index contributed by atoms with van der Waals surface area (Å²) in [5.74, 6) is -0.894. The van der Waals surface area contributed by atoms with E-state index in [1.165, 1.54) is 30.3 Å². The van der Waals surface area contributed by atoms with Crippen molar-refractivity contribution >= 4 is 21.6 Å². The lowest BCUT2D eigenvalue weighted by atomic mass is 10.2. The molecule has 0 saturated carbocycles. The lowest BCUT2D eigenvalue weighted by molar-refractivity contribution is 0.102. The van der Waals surface area contributed by atoms with Crippen LogP contribution >= 0.6 is 0 Å². The van der Waals surface area contributed by atoms with Gasteiger partial charge >= 0.3 is 0 Å². The third-order valence-corrected chi connectivity index (χ3v) is 6.79. The number of hydrogen-bond acceptors (Lipinski definition) is 3. The minimum absolute atomic E-state index is 0.0689. The molecule has 7 heteroatoms. The molecule has 1 heterocycles. The maximum absolute atomic E-state index is 13.5. The van der Waals surface area contributed by atoms with Crippen LogP contribution in [0.25, 0.3) is 0 Å². The molecule has 0 fully saturated rings. The molecule has 3 rings (SSSR count). The number of amides is 1. The molecule has 0 unspecified atom stereocenters. The summed E-state index contributed by atoms with van der Waals surface area (Å²) >= 11 is 0. The molecule has 0 aliphatic carbocycles. The number of nitrogens with one attached hydrogen (secondary N) is 1. The fourth-order valence-corrected chi connectivity index (χ4v) is 5.04. The van der Waals surface area contributed by atoms with Gasteiger partial charge < -0.3 is 9.88 Å². The second-order valence-electron chi connectivity index (χ2n) is 6.82. The first-order valence-electron chi connectivity index (χ1n) is 9.34. The third kappa shape index (κ3) is 3.96. The maximum atomic E-state index is 13.5. The highest BCUT2D eigenvalue weighted by atomic mass is 32.2. The molecule has 152 valence electrons. The number of hydrogen-bond donors (Lipinski definition) is 1. The van der Waals surface area contributed by atoms with Crippen molar-refractivity contribution in [3.05, 3.63) is 77.2 Å². The molecule has 1 aromatic heterocycles. The van der Waals surface area contributed by atoms with E-state index in [0.29, 0.717) is 12.1 Å². The Morgan fingerprint density at radius 2 is 1.76 bits per heavy atom. The van der Waals surface area contributed by atoms with Crippen LogP contribution in [0.15, 0.2) is 64.4 Å². The van der Waals surface area contributed by atoms with Gasteiger partial charge in [0.05, 0.1) is 4.90 Å². The quantitative estimate of drug-likeness (QED) is 0.633. The largest absolute Gasteiger partial charge is 0.331 e. The van der Waals surface area contributed by atoms with E-state index in [4.69, 9.17) is 0 Å². The van der Waals surface area contributed by atoms with E-state index < -0.39 is 21.6 Å². The van der Waals surface area contributed by atoms with Crippen molar-refractivity contribution in [3.8, 4) is 0 Å². The van der Waals surface area contributed by atoms with Crippen molar-refractivity contribution in [2.75, 3.05) is 5.32 Å². The lowest BCUT2D eigenvalue weighted by Gasteiger charge is -2.14. The number of halogens is 1. The van der Waals surface area contributed by atoms with Crippen LogP contribution in [0.1, 0.15) is 35.0 Å². The van der Waals surface area contributed by atoms with Crippen LogP contribution in [-0.4, -0.2) is 18.9 Å². The Morgan fingerprint density at radius 1 is 1.07 bits per heavy atom. The van der Waals surface area contributed by atoms with Crippen molar-refractivity contribution in [3.63, 3.8) is 0 Å². The third-order valence-electron chi connectivity index (χ3n) is 4.86. The van der Waals surface area contributed by atoms with Gasteiger partial charge in [-0.2, -0.15) is 0 Å². The summed E-state index contributed by atoms with van der Waals surface area (Å²) in [6, 6.07) is 13.4. The standard InChI is InChI=1S/C22H23FN2O3S/c1-4-13-25-16(3)15(2)20(29(27,28)19-11-6-5-7-12-19)21(25)24-22(26)17-9-8-10-18(23)14-17/h5-12,14H,4,13H2,1-3H3,(H,24,26). The Labute approximate surface area is 170 Å². The summed E-state index contributed by atoms with van der Waals surface area (Å²) in [6.07, 6.45) is 0.753. The Balaban J connectivity index is 2.17. The molecule has 0 saturated heterocycles.